The SMILES string of the molecule is COc1ccc(-c2cc(C(=O)N3CCN(C(=O)Nc4cccc(C(F)(F)F)c4)CC3)c(C)n2-c2ccccc2F)cc1. The number of benzene rings is 3. The fraction of sp³-hybridized carbons (Fsp3) is 0.226. The maximum atomic E-state index is 15.0. The molecule has 0 radical (unpaired) electrons. The van der Waals surface area contributed by atoms with E-state index in [2.05, 4.69) is 5.32 Å². The molecule has 1 aromatic heterocycles. The van der Waals surface area contributed by atoms with Crippen LogP contribution in [0.3, 0.4) is 0 Å². The Bertz CT molecular complexity index is 1610. The molecular formula is C31H28F4N4O3. The molecule has 1 aliphatic heterocycles. The Morgan fingerprint density at radius 1 is 0.857 bits per heavy atom. The number of para-hydroxylation sites is 1. The number of piperazine rings is 1. The fourth-order valence-electron chi connectivity index (χ4n) is 5.00. The smallest absolute Gasteiger partial charge is 0.416 e. The van der Waals surface area contributed by atoms with Gasteiger partial charge in [0.25, 0.3) is 5.91 Å². The van der Waals surface area contributed by atoms with Gasteiger partial charge in [0.1, 0.15) is 11.6 Å². The van der Waals surface area contributed by atoms with E-state index in [1.165, 1.54) is 23.1 Å². The van der Waals surface area contributed by atoms with Crippen LogP contribution in [0.25, 0.3) is 16.9 Å². The second-order valence-corrected chi connectivity index (χ2v) is 9.83. The number of amides is 3. The number of ether oxygens (including phenoxy) is 1. The van der Waals surface area contributed by atoms with Gasteiger partial charge in [-0.25, -0.2) is 9.18 Å². The van der Waals surface area contributed by atoms with E-state index in [1.807, 2.05) is 12.1 Å². The van der Waals surface area contributed by atoms with Crippen molar-refractivity contribution >= 4 is 17.6 Å². The van der Waals surface area contributed by atoms with Crippen LogP contribution in [0, 0.1) is 12.7 Å². The zero-order valence-corrected chi connectivity index (χ0v) is 22.9. The van der Waals surface area contributed by atoms with Crippen LogP contribution in [-0.2, 0) is 6.18 Å². The number of alkyl halides is 3. The van der Waals surface area contributed by atoms with E-state index in [0.717, 1.165) is 17.7 Å². The molecule has 7 nitrogen and oxygen atoms in total. The van der Waals surface area contributed by atoms with E-state index in [9.17, 15) is 27.2 Å². The third-order valence-electron chi connectivity index (χ3n) is 7.25. The molecule has 1 saturated heterocycles. The summed E-state index contributed by atoms with van der Waals surface area (Å²) < 4.78 is 61.0. The average Bonchev–Trinajstić information content (AvgIpc) is 3.33. The number of nitrogens with zero attached hydrogens (tertiary/aromatic N) is 3. The Balaban J connectivity index is 1.35. The van der Waals surface area contributed by atoms with Gasteiger partial charge in [-0.1, -0.05) is 18.2 Å². The predicted octanol–water partition coefficient (Wildman–Crippen LogP) is 6.61. The number of methoxy groups -OCH3 is 1. The van der Waals surface area contributed by atoms with E-state index in [0.29, 0.717) is 28.4 Å². The van der Waals surface area contributed by atoms with E-state index in [1.54, 1.807) is 59.9 Å². The minimum atomic E-state index is -4.52. The summed E-state index contributed by atoms with van der Waals surface area (Å²) in [7, 11) is 1.56. The highest BCUT2D eigenvalue weighted by molar-refractivity contribution is 5.98. The van der Waals surface area contributed by atoms with Gasteiger partial charge in [0.2, 0.25) is 0 Å². The fourth-order valence-corrected chi connectivity index (χ4v) is 5.00. The number of anilines is 1. The molecule has 0 atom stereocenters. The number of hydrogen-bond donors (Lipinski definition) is 1. The van der Waals surface area contributed by atoms with Crippen LogP contribution in [0.15, 0.2) is 78.9 Å². The Labute approximate surface area is 239 Å². The molecule has 1 N–H and O–H groups in total. The van der Waals surface area contributed by atoms with Crippen LogP contribution in [0.2, 0.25) is 0 Å². The molecule has 5 rings (SSSR count). The number of carbonyl (C=O) groups is 2. The summed E-state index contributed by atoms with van der Waals surface area (Å²) in [6, 6.07) is 19.2. The molecule has 1 fully saturated rings. The van der Waals surface area contributed by atoms with E-state index < -0.39 is 23.6 Å². The topological polar surface area (TPSA) is 66.8 Å². The largest absolute Gasteiger partial charge is 0.497 e. The monoisotopic (exact) mass is 580 g/mol. The zero-order chi connectivity index (χ0) is 30.0. The number of hydrogen-bond acceptors (Lipinski definition) is 3. The molecule has 0 aliphatic carbocycles. The minimum absolute atomic E-state index is 0.0319. The van der Waals surface area contributed by atoms with E-state index in [-0.39, 0.29) is 37.8 Å². The van der Waals surface area contributed by atoms with Gasteiger partial charge in [-0.3, -0.25) is 4.79 Å². The lowest BCUT2D eigenvalue weighted by atomic mass is 10.1. The number of nitrogens with one attached hydrogen (secondary N) is 1. The quantitative estimate of drug-likeness (QED) is 0.270. The Kier molecular flexibility index (Phi) is 7.93. The first-order valence-corrected chi connectivity index (χ1v) is 13.2. The van der Waals surface area contributed by atoms with Crippen LogP contribution in [0.1, 0.15) is 21.6 Å². The average molecular weight is 581 g/mol. The summed E-state index contributed by atoms with van der Waals surface area (Å²) in [5, 5.41) is 2.51. The van der Waals surface area contributed by atoms with Crippen LogP contribution in [-0.4, -0.2) is 59.6 Å². The highest BCUT2D eigenvalue weighted by Gasteiger charge is 2.31. The molecule has 0 bridgehead atoms. The third-order valence-corrected chi connectivity index (χ3v) is 7.25. The molecule has 0 saturated carbocycles. The van der Waals surface area contributed by atoms with Crippen molar-refractivity contribution < 1.29 is 31.9 Å². The molecule has 0 spiro atoms. The van der Waals surface area contributed by atoms with Crippen LogP contribution < -0.4 is 10.1 Å². The lowest BCUT2D eigenvalue weighted by Crippen LogP contribution is -2.51. The van der Waals surface area contributed by atoms with Gasteiger partial charge in [0, 0.05) is 37.6 Å². The summed E-state index contributed by atoms with van der Waals surface area (Å²) in [6.07, 6.45) is -4.52. The molecule has 218 valence electrons. The van der Waals surface area contributed by atoms with E-state index in [4.69, 9.17) is 4.74 Å². The maximum absolute atomic E-state index is 15.0. The lowest BCUT2D eigenvalue weighted by Gasteiger charge is -2.34. The van der Waals surface area contributed by atoms with Crippen molar-refractivity contribution in [3.05, 3.63) is 102 Å². The number of carbonyl (C=O) groups excluding carboxylic acids is 2. The second kappa shape index (κ2) is 11.6. The lowest BCUT2D eigenvalue weighted by molar-refractivity contribution is -0.137. The van der Waals surface area contributed by atoms with Crippen molar-refractivity contribution in [2.24, 2.45) is 0 Å². The maximum Gasteiger partial charge on any atom is 0.416 e. The van der Waals surface area contributed by atoms with Crippen LogP contribution >= 0.6 is 0 Å². The van der Waals surface area contributed by atoms with Crippen molar-refractivity contribution in [2.75, 3.05) is 38.6 Å². The van der Waals surface area contributed by atoms with Crippen LogP contribution in [0.5, 0.6) is 5.75 Å². The number of aromatic nitrogens is 1. The standard InChI is InChI=1S/C31H28F4N4O3/c1-20-25(19-28(21-10-12-24(42-2)13-11-21)39(20)27-9-4-3-8-26(27)32)29(40)37-14-16-38(17-15-37)30(41)36-23-7-5-6-22(18-23)31(33,34)35/h3-13,18-19H,14-17H2,1-2H3,(H,36,41). The first-order chi connectivity index (χ1) is 20.1. The number of halogens is 4. The van der Waals surface area contributed by atoms with Gasteiger partial charge in [-0.2, -0.15) is 13.2 Å². The minimum Gasteiger partial charge on any atom is -0.497 e. The third kappa shape index (κ3) is 5.81. The summed E-state index contributed by atoms with van der Waals surface area (Å²) in [6.45, 7) is 2.57. The normalized spacial score (nSPS) is 13.7. The number of urea groups is 1. The predicted molar refractivity (Wildman–Crippen MR) is 150 cm³/mol. The molecule has 0 unspecified atom stereocenters. The molecule has 3 aromatic carbocycles. The number of rotatable bonds is 5. The van der Waals surface area contributed by atoms with Crippen molar-refractivity contribution in [3.8, 4) is 22.7 Å². The van der Waals surface area contributed by atoms with Gasteiger partial charge < -0.3 is 24.4 Å². The van der Waals surface area contributed by atoms with Gasteiger partial charge in [-0.05, 0) is 73.2 Å². The van der Waals surface area contributed by atoms with Crippen LogP contribution in [0.4, 0.5) is 28.0 Å². The van der Waals surface area contributed by atoms with Gasteiger partial charge in [-0.15, -0.1) is 0 Å². The van der Waals surface area contributed by atoms with Crippen molar-refractivity contribution in [1.29, 1.82) is 0 Å². The van der Waals surface area contributed by atoms with Gasteiger partial charge >= 0.3 is 12.2 Å². The van der Waals surface area contributed by atoms with Gasteiger partial charge in [0.05, 0.1) is 29.6 Å². The molecule has 11 heteroatoms. The summed E-state index contributed by atoms with van der Waals surface area (Å²) in [4.78, 5) is 29.5. The summed E-state index contributed by atoms with van der Waals surface area (Å²) in [5.41, 5.74) is 1.81. The second-order valence-electron chi connectivity index (χ2n) is 9.83. The molecular weight excluding hydrogens is 552 g/mol. The first kappa shape index (κ1) is 28.7. The molecule has 2 heterocycles. The Morgan fingerprint density at radius 2 is 1.52 bits per heavy atom. The Morgan fingerprint density at radius 3 is 2.17 bits per heavy atom. The van der Waals surface area contributed by atoms with Crippen molar-refractivity contribution in [2.45, 2.75) is 13.1 Å². The van der Waals surface area contributed by atoms with Crippen molar-refractivity contribution in [3.63, 3.8) is 0 Å². The summed E-state index contributed by atoms with van der Waals surface area (Å²) >= 11 is 0. The highest BCUT2D eigenvalue weighted by atomic mass is 19.4. The van der Waals surface area contributed by atoms with E-state index >= 15 is 0 Å². The molecule has 3 amide bonds. The summed E-state index contributed by atoms with van der Waals surface area (Å²) in [5.74, 6) is -0.0496. The van der Waals surface area contributed by atoms with Crippen molar-refractivity contribution in [1.82, 2.24) is 14.4 Å². The molecule has 1 aliphatic rings. The van der Waals surface area contributed by atoms with Gasteiger partial charge in [0.15, 0.2) is 0 Å². The zero-order valence-electron chi connectivity index (χ0n) is 22.9. The molecule has 42 heavy (non-hydrogen) atoms. The Hall–Kier alpha value is -4.80. The highest BCUT2D eigenvalue weighted by Crippen LogP contribution is 2.33. The first-order valence-electron chi connectivity index (χ1n) is 13.2. The molecule has 4 aromatic rings.